The molecule has 1 aliphatic carbocycles. The number of aliphatic hydroxyl groups excluding tert-OH is 1. The molecule has 54 valence electrons. The lowest BCUT2D eigenvalue weighted by atomic mass is 10.3. The van der Waals surface area contributed by atoms with Crippen molar-refractivity contribution in [2.24, 2.45) is 5.92 Å². The second-order valence-corrected chi connectivity index (χ2v) is 2.38. The Kier molecular flexibility index (Phi) is 1.42. The second kappa shape index (κ2) is 1.87. The van der Waals surface area contributed by atoms with Crippen LogP contribution in [0.3, 0.4) is 0 Å². The molecule has 1 aliphatic rings. The Hall–Kier alpha value is -0.250. The van der Waals surface area contributed by atoms with E-state index in [1.165, 1.54) is 0 Å². The van der Waals surface area contributed by atoms with E-state index in [1.807, 2.05) is 0 Å². The molecule has 0 spiro atoms. The average molecular weight is 140 g/mol. The van der Waals surface area contributed by atoms with Gasteiger partial charge in [0, 0.05) is 6.42 Å². The zero-order valence-corrected chi connectivity index (χ0v) is 4.65. The van der Waals surface area contributed by atoms with Gasteiger partial charge in [0.2, 0.25) is 0 Å². The quantitative estimate of drug-likeness (QED) is 0.582. The molecule has 0 saturated heterocycles. The Labute approximate surface area is 50.5 Å². The molecule has 4 heteroatoms. The van der Waals surface area contributed by atoms with E-state index in [4.69, 9.17) is 5.11 Å². The topological polar surface area (TPSA) is 20.2 Å². The van der Waals surface area contributed by atoms with E-state index in [-0.39, 0.29) is 0 Å². The molecular formula is C5H7F3O. The largest absolute Gasteiger partial charge is 0.393 e. The molecule has 0 aliphatic heterocycles. The Morgan fingerprint density at radius 1 is 1.44 bits per heavy atom. The van der Waals surface area contributed by atoms with Crippen LogP contribution >= 0.6 is 0 Å². The van der Waals surface area contributed by atoms with Gasteiger partial charge in [0.1, 0.15) is 0 Å². The first-order valence-electron chi connectivity index (χ1n) is 2.74. The van der Waals surface area contributed by atoms with Crippen molar-refractivity contribution in [3.05, 3.63) is 0 Å². The van der Waals surface area contributed by atoms with Crippen LogP contribution in [0.4, 0.5) is 13.2 Å². The molecule has 2 unspecified atom stereocenters. The summed E-state index contributed by atoms with van der Waals surface area (Å²) < 4.78 is 34.2. The number of hydrogen-bond donors (Lipinski definition) is 1. The van der Waals surface area contributed by atoms with Crippen molar-refractivity contribution in [1.82, 2.24) is 0 Å². The van der Waals surface area contributed by atoms with Gasteiger partial charge in [-0.15, -0.1) is 0 Å². The van der Waals surface area contributed by atoms with Crippen LogP contribution in [0, 0.1) is 5.92 Å². The van der Waals surface area contributed by atoms with Crippen molar-refractivity contribution < 1.29 is 18.3 Å². The van der Waals surface area contributed by atoms with Crippen molar-refractivity contribution in [2.75, 3.05) is 0 Å². The summed E-state index contributed by atoms with van der Waals surface area (Å²) in [5.74, 6) is -0.509. The van der Waals surface area contributed by atoms with Gasteiger partial charge >= 0.3 is 6.18 Å². The highest BCUT2D eigenvalue weighted by atomic mass is 19.4. The number of alkyl halides is 3. The highest BCUT2D eigenvalue weighted by molar-refractivity contribution is 4.87. The van der Waals surface area contributed by atoms with E-state index in [1.54, 1.807) is 0 Å². The molecule has 0 heterocycles. The van der Waals surface area contributed by atoms with Crippen molar-refractivity contribution in [1.29, 1.82) is 0 Å². The molecule has 0 aromatic rings. The standard InChI is InChI=1S/C5H7F3O/c6-5(7,8)2-3-1-4(3)9/h3-4,9H,1-2H2. The van der Waals surface area contributed by atoms with Gasteiger partial charge in [-0.1, -0.05) is 0 Å². The first-order valence-corrected chi connectivity index (χ1v) is 2.74. The van der Waals surface area contributed by atoms with Crippen LogP contribution in [-0.2, 0) is 0 Å². The maximum Gasteiger partial charge on any atom is 0.389 e. The molecular weight excluding hydrogens is 133 g/mol. The first kappa shape index (κ1) is 6.86. The average Bonchev–Trinajstić information content (AvgIpc) is 2.13. The minimum Gasteiger partial charge on any atom is -0.393 e. The molecule has 0 aromatic carbocycles. The van der Waals surface area contributed by atoms with Crippen LogP contribution in [-0.4, -0.2) is 17.4 Å². The number of rotatable bonds is 1. The van der Waals surface area contributed by atoms with Crippen molar-refractivity contribution >= 4 is 0 Å². The zero-order valence-electron chi connectivity index (χ0n) is 4.65. The number of halogens is 3. The van der Waals surface area contributed by atoms with Gasteiger partial charge < -0.3 is 5.11 Å². The minimum atomic E-state index is -4.10. The first-order chi connectivity index (χ1) is 3.99. The fraction of sp³-hybridized carbons (Fsp3) is 1.00. The Bertz CT molecular complexity index is 109. The van der Waals surface area contributed by atoms with E-state index in [0.29, 0.717) is 6.42 Å². The maximum absolute atomic E-state index is 11.4. The van der Waals surface area contributed by atoms with Gasteiger partial charge in [0.15, 0.2) is 0 Å². The van der Waals surface area contributed by atoms with E-state index in [2.05, 4.69) is 0 Å². The van der Waals surface area contributed by atoms with Crippen molar-refractivity contribution in [3.8, 4) is 0 Å². The van der Waals surface area contributed by atoms with Gasteiger partial charge in [-0.25, -0.2) is 0 Å². The third kappa shape index (κ3) is 2.22. The SMILES string of the molecule is OC1CC1CC(F)(F)F. The minimum absolute atomic E-state index is 0.319. The van der Waals surface area contributed by atoms with Crippen molar-refractivity contribution in [2.45, 2.75) is 25.1 Å². The van der Waals surface area contributed by atoms with Gasteiger partial charge in [-0.2, -0.15) is 13.2 Å². The lowest BCUT2D eigenvalue weighted by molar-refractivity contribution is -0.139. The maximum atomic E-state index is 11.4. The molecule has 1 nitrogen and oxygen atoms in total. The van der Waals surface area contributed by atoms with E-state index in [9.17, 15) is 13.2 Å². The zero-order chi connectivity index (χ0) is 7.07. The summed E-state index contributed by atoms with van der Waals surface area (Å²) in [6.07, 6.45) is -5.29. The predicted octanol–water partition coefficient (Wildman–Crippen LogP) is 1.32. The van der Waals surface area contributed by atoms with E-state index < -0.39 is 24.6 Å². The highest BCUT2D eigenvalue weighted by Crippen LogP contribution is 2.39. The fourth-order valence-corrected chi connectivity index (χ4v) is 0.748. The molecule has 0 bridgehead atoms. The van der Waals surface area contributed by atoms with E-state index in [0.717, 1.165) is 0 Å². The third-order valence-corrected chi connectivity index (χ3v) is 1.38. The molecule has 1 N–H and O–H groups in total. The second-order valence-electron chi connectivity index (χ2n) is 2.38. The fourth-order valence-electron chi connectivity index (χ4n) is 0.748. The van der Waals surface area contributed by atoms with Crippen LogP contribution < -0.4 is 0 Å². The summed E-state index contributed by atoms with van der Waals surface area (Å²) in [4.78, 5) is 0. The summed E-state index contributed by atoms with van der Waals surface area (Å²) in [6, 6.07) is 0. The molecule has 0 aromatic heterocycles. The van der Waals surface area contributed by atoms with Gasteiger partial charge in [0.25, 0.3) is 0 Å². The molecule has 0 amide bonds. The molecule has 9 heavy (non-hydrogen) atoms. The smallest absolute Gasteiger partial charge is 0.389 e. The van der Waals surface area contributed by atoms with Crippen LogP contribution in [0.1, 0.15) is 12.8 Å². The van der Waals surface area contributed by atoms with Crippen LogP contribution in [0.15, 0.2) is 0 Å². The lowest BCUT2D eigenvalue weighted by Gasteiger charge is -2.02. The molecule has 1 saturated carbocycles. The number of aliphatic hydroxyl groups is 1. The van der Waals surface area contributed by atoms with Crippen molar-refractivity contribution in [3.63, 3.8) is 0 Å². The van der Waals surface area contributed by atoms with Gasteiger partial charge in [-0.3, -0.25) is 0 Å². The monoisotopic (exact) mass is 140 g/mol. The van der Waals surface area contributed by atoms with E-state index >= 15 is 0 Å². The third-order valence-electron chi connectivity index (χ3n) is 1.38. The summed E-state index contributed by atoms with van der Waals surface area (Å²) in [5.41, 5.74) is 0. The Morgan fingerprint density at radius 3 is 2.00 bits per heavy atom. The predicted molar refractivity (Wildman–Crippen MR) is 24.8 cm³/mol. The van der Waals surface area contributed by atoms with Crippen LogP contribution in [0.5, 0.6) is 0 Å². The Morgan fingerprint density at radius 2 is 1.89 bits per heavy atom. The molecule has 1 fully saturated rings. The summed E-state index contributed by atoms with van der Waals surface area (Å²) in [6.45, 7) is 0. The summed E-state index contributed by atoms with van der Waals surface area (Å²) >= 11 is 0. The van der Waals surface area contributed by atoms with Gasteiger partial charge in [0.05, 0.1) is 6.10 Å². The normalized spacial score (nSPS) is 34.7. The number of hydrogen-bond acceptors (Lipinski definition) is 1. The summed E-state index contributed by atoms with van der Waals surface area (Å²) in [7, 11) is 0. The lowest BCUT2D eigenvalue weighted by Crippen LogP contribution is -2.09. The summed E-state index contributed by atoms with van der Waals surface area (Å²) in [5, 5.41) is 8.49. The Balaban J connectivity index is 2.19. The van der Waals surface area contributed by atoms with Crippen LogP contribution in [0.25, 0.3) is 0 Å². The molecule has 2 atom stereocenters. The van der Waals surface area contributed by atoms with Gasteiger partial charge in [-0.05, 0) is 12.3 Å². The molecule has 1 rings (SSSR count). The van der Waals surface area contributed by atoms with Crippen LogP contribution in [0.2, 0.25) is 0 Å². The highest BCUT2D eigenvalue weighted by Gasteiger charge is 2.43. The molecule has 0 radical (unpaired) electrons.